The Morgan fingerprint density at radius 2 is 2.19 bits per heavy atom. The zero-order valence-corrected chi connectivity index (χ0v) is 12.6. The fourth-order valence-corrected chi connectivity index (χ4v) is 2.48. The summed E-state index contributed by atoms with van der Waals surface area (Å²) in [6.07, 6.45) is -0.483. The van der Waals surface area contributed by atoms with Crippen LogP contribution < -0.4 is 5.32 Å². The van der Waals surface area contributed by atoms with Crippen molar-refractivity contribution in [1.82, 2.24) is 9.88 Å². The predicted octanol–water partition coefficient (Wildman–Crippen LogP) is 0.675. The van der Waals surface area contributed by atoms with E-state index in [4.69, 9.17) is 4.74 Å². The van der Waals surface area contributed by atoms with Crippen molar-refractivity contribution in [3.05, 3.63) is 23.0 Å². The molecule has 0 spiro atoms. The zero-order chi connectivity index (χ0) is 15.2. The number of nitriles is 1. The number of aromatic nitrogens is 1. The first-order valence-corrected chi connectivity index (χ1v) is 7.20. The second-order valence-corrected chi connectivity index (χ2v) is 5.33. The van der Waals surface area contributed by atoms with Gasteiger partial charge in [0.1, 0.15) is 6.07 Å². The summed E-state index contributed by atoms with van der Waals surface area (Å²) >= 11 is 0. The minimum Gasteiger partial charge on any atom is -0.390 e. The molecule has 1 unspecified atom stereocenters. The fraction of sp³-hybridized carbons (Fsp3) is 0.600. The second kappa shape index (κ2) is 7.36. The molecule has 1 aromatic heterocycles. The quantitative estimate of drug-likeness (QED) is 0.830. The van der Waals surface area contributed by atoms with Crippen LogP contribution in [0.25, 0.3) is 0 Å². The van der Waals surface area contributed by atoms with Crippen molar-refractivity contribution in [1.29, 1.82) is 5.26 Å². The van der Waals surface area contributed by atoms with Crippen molar-refractivity contribution in [3.63, 3.8) is 0 Å². The van der Waals surface area contributed by atoms with E-state index in [1.54, 1.807) is 0 Å². The summed E-state index contributed by atoms with van der Waals surface area (Å²) < 4.78 is 5.29. The van der Waals surface area contributed by atoms with Crippen LogP contribution in [0.3, 0.4) is 0 Å². The molecule has 1 atom stereocenters. The molecule has 1 aromatic rings. The van der Waals surface area contributed by atoms with Gasteiger partial charge in [0.25, 0.3) is 0 Å². The third kappa shape index (κ3) is 4.39. The SMILES string of the molecule is Cc1cc(NCC(O)CN2CCOCC2)c(C#N)c(C)n1. The molecule has 2 rings (SSSR count). The Balaban J connectivity index is 1.91. The molecule has 0 radical (unpaired) electrons. The maximum atomic E-state index is 10.1. The number of anilines is 1. The van der Waals surface area contributed by atoms with Gasteiger partial charge in [0, 0.05) is 31.9 Å². The summed E-state index contributed by atoms with van der Waals surface area (Å²) in [5.74, 6) is 0. The van der Waals surface area contributed by atoms with E-state index in [9.17, 15) is 10.4 Å². The third-order valence-corrected chi connectivity index (χ3v) is 3.54. The fourth-order valence-electron chi connectivity index (χ4n) is 2.48. The Bertz CT molecular complexity index is 521. The van der Waals surface area contributed by atoms with E-state index in [0.717, 1.165) is 37.7 Å². The normalized spacial score (nSPS) is 17.2. The van der Waals surface area contributed by atoms with Crippen molar-refractivity contribution in [2.75, 3.05) is 44.7 Å². The summed E-state index contributed by atoms with van der Waals surface area (Å²) in [6.45, 7) is 7.89. The van der Waals surface area contributed by atoms with Gasteiger partial charge in [-0.15, -0.1) is 0 Å². The summed E-state index contributed by atoms with van der Waals surface area (Å²) in [5, 5.41) is 22.5. The number of rotatable bonds is 5. The standard InChI is InChI=1S/C15H22N4O2/c1-11-7-15(14(8-16)12(2)18-11)17-9-13(20)10-19-3-5-21-6-4-19/h7,13,20H,3-6,9-10H2,1-2H3,(H,17,18). The first kappa shape index (κ1) is 15.7. The van der Waals surface area contributed by atoms with E-state index in [2.05, 4.69) is 21.3 Å². The Morgan fingerprint density at radius 3 is 2.86 bits per heavy atom. The van der Waals surface area contributed by atoms with Crippen LogP contribution in [0.5, 0.6) is 0 Å². The monoisotopic (exact) mass is 290 g/mol. The Kier molecular flexibility index (Phi) is 5.51. The number of aliphatic hydroxyl groups excluding tert-OH is 1. The number of nitrogens with zero attached hydrogens (tertiary/aromatic N) is 3. The molecular weight excluding hydrogens is 268 g/mol. The van der Waals surface area contributed by atoms with Gasteiger partial charge in [0.15, 0.2) is 0 Å². The highest BCUT2D eigenvalue weighted by atomic mass is 16.5. The first-order valence-electron chi connectivity index (χ1n) is 7.20. The van der Waals surface area contributed by atoms with E-state index in [0.29, 0.717) is 24.3 Å². The molecule has 114 valence electrons. The lowest BCUT2D eigenvalue weighted by Gasteiger charge is -2.28. The van der Waals surface area contributed by atoms with Gasteiger partial charge in [-0.05, 0) is 19.9 Å². The topological polar surface area (TPSA) is 81.4 Å². The van der Waals surface area contributed by atoms with E-state index < -0.39 is 6.10 Å². The lowest BCUT2D eigenvalue weighted by molar-refractivity contribution is 0.0171. The first-order chi connectivity index (χ1) is 10.1. The summed E-state index contributed by atoms with van der Waals surface area (Å²) in [6, 6.07) is 4.00. The number of nitrogens with one attached hydrogen (secondary N) is 1. The van der Waals surface area contributed by atoms with Crippen molar-refractivity contribution in [3.8, 4) is 6.07 Å². The van der Waals surface area contributed by atoms with Crippen LogP contribution in [0.2, 0.25) is 0 Å². The smallest absolute Gasteiger partial charge is 0.103 e. The molecule has 0 bridgehead atoms. The van der Waals surface area contributed by atoms with Crippen LogP contribution in [0.15, 0.2) is 6.07 Å². The van der Waals surface area contributed by atoms with Gasteiger partial charge in [-0.25, -0.2) is 0 Å². The van der Waals surface area contributed by atoms with Gasteiger partial charge in [0.2, 0.25) is 0 Å². The minimum atomic E-state index is -0.483. The number of β-amino-alcohol motifs (C(OH)–C–C–N with tert-alkyl or cyclic N) is 1. The van der Waals surface area contributed by atoms with Crippen LogP contribution in [0.4, 0.5) is 5.69 Å². The predicted molar refractivity (Wildman–Crippen MR) is 80.2 cm³/mol. The number of aryl methyl sites for hydroxylation is 2. The average Bonchev–Trinajstić information content (AvgIpc) is 2.45. The molecule has 1 aliphatic rings. The second-order valence-electron chi connectivity index (χ2n) is 5.33. The minimum absolute atomic E-state index is 0.412. The van der Waals surface area contributed by atoms with Crippen LogP contribution in [0.1, 0.15) is 17.0 Å². The molecule has 21 heavy (non-hydrogen) atoms. The Morgan fingerprint density at radius 1 is 1.48 bits per heavy atom. The molecule has 0 amide bonds. The number of pyridine rings is 1. The number of morpholine rings is 1. The average molecular weight is 290 g/mol. The molecule has 6 nitrogen and oxygen atoms in total. The highest BCUT2D eigenvalue weighted by Crippen LogP contribution is 2.18. The van der Waals surface area contributed by atoms with Gasteiger partial charge in [-0.1, -0.05) is 0 Å². The van der Waals surface area contributed by atoms with E-state index in [1.807, 2.05) is 19.9 Å². The molecule has 1 fully saturated rings. The lowest BCUT2D eigenvalue weighted by Crippen LogP contribution is -2.42. The summed E-state index contributed by atoms with van der Waals surface area (Å²) in [5.41, 5.74) is 2.85. The van der Waals surface area contributed by atoms with Crippen molar-refractivity contribution in [2.45, 2.75) is 20.0 Å². The number of ether oxygens (including phenoxy) is 1. The molecular formula is C15H22N4O2. The van der Waals surface area contributed by atoms with Crippen molar-refractivity contribution in [2.24, 2.45) is 0 Å². The van der Waals surface area contributed by atoms with E-state index >= 15 is 0 Å². The highest BCUT2D eigenvalue weighted by Gasteiger charge is 2.15. The Labute approximate surface area is 125 Å². The van der Waals surface area contributed by atoms with Gasteiger partial charge in [0.05, 0.1) is 36.3 Å². The number of hydrogen-bond donors (Lipinski definition) is 2. The van der Waals surface area contributed by atoms with E-state index in [-0.39, 0.29) is 0 Å². The Hall–Kier alpha value is -1.68. The summed E-state index contributed by atoms with van der Waals surface area (Å²) in [7, 11) is 0. The molecule has 0 saturated carbocycles. The van der Waals surface area contributed by atoms with Crippen molar-refractivity contribution < 1.29 is 9.84 Å². The molecule has 2 N–H and O–H groups in total. The van der Waals surface area contributed by atoms with Crippen LogP contribution in [0, 0.1) is 25.2 Å². The molecule has 1 aliphatic heterocycles. The van der Waals surface area contributed by atoms with Crippen molar-refractivity contribution >= 4 is 5.69 Å². The molecule has 2 heterocycles. The highest BCUT2D eigenvalue weighted by molar-refractivity contribution is 5.59. The lowest BCUT2D eigenvalue weighted by atomic mass is 10.1. The number of aliphatic hydroxyl groups is 1. The molecule has 0 aromatic carbocycles. The van der Waals surface area contributed by atoms with Crippen LogP contribution in [-0.4, -0.2) is 60.5 Å². The van der Waals surface area contributed by atoms with Gasteiger partial charge >= 0.3 is 0 Å². The molecule has 1 saturated heterocycles. The van der Waals surface area contributed by atoms with Gasteiger partial charge in [-0.3, -0.25) is 9.88 Å². The largest absolute Gasteiger partial charge is 0.390 e. The maximum Gasteiger partial charge on any atom is 0.103 e. The van der Waals surface area contributed by atoms with Gasteiger partial charge in [-0.2, -0.15) is 5.26 Å². The third-order valence-electron chi connectivity index (χ3n) is 3.54. The molecule has 6 heteroatoms. The molecule has 0 aliphatic carbocycles. The van der Waals surface area contributed by atoms with Gasteiger partial charge < -0.3 is 15.2 Å². The maximum absolute atomic E-state index is 10.1. The summed E-state index contributed by atoms with van der Waals surface area (Å²) in [4.78, 5) is 6.46. The van der Waals surface area contributed by atoms with E-state index in [1.165, 1.54) is 0 Å². The zero-order valence-electron chi connectivity index (χ0n) is 12.6. The van der Waals surface area contributed by atoms with Crippen LogP contribution in [-0.2, 0) is 4.74 Å². The number of hydrogen-bond acceptors (Lipinski definition) is 6. The van der Waals surface area contributed by atoms with Crippen LogP contribution >= 0.6 is 0 Å².